The van der Waals surface area contributed by atoms with E-state index in [1.54, 1.807) is 0 Å². The van der Waals surface area contributed by atoms with Gasteiger partial charge in [-0.05, 0) is 12.2 Å². The van der Waals surface area contributed by atoms with Crippen molar-refractivity contribution >= 4 is 11.8 Å². The largest absolute Gasteiger partial charge is 2.00 e. The Morgan fingerprint density at radius 3 is 1.93 bits per heavy atom. The topological polar surface area (TPSA) is 127 Å². The van der Waals surface area contributed by atoms with Gasteiger partial charge in [0.2, 0.25) is 0 Å². The van der Waals surface area contributed by atoms with Crippen LogP contribution in [0.15, 0.2) is 24.3 Å². The monoisotopic (exact) mass is 263 g/mol. The van der Waals surface area contributed by atoms with Crippen molar-refractivity contribution in [3.63, 3.8) is 0 Å². The van der Waals surface area contributed by atoms with E-state index in [-0.39, 0.29) is 30.9 Å². The van der Waals surface area contributed by atoms with Crippen LogP contribution in [0.1, 0.15) is 0 Å². The summed E-state index contributed by atoms with van der Waals surface area (Å²) in [6.45, 7) is 0. The van der Waals surface area contributed by atoms with Crippen LogP contribution in [0.2, 0.25) is 0 Å². The molecule has 1 aromatic carbocycles. The molecule has 0 saturated heterocycles. The van der Waals surface area contributed by atoms with E-state index in [0.29, 0.717) is 0 Å². The summed E-state index contributed by atoms with van der Waals surface area (Å²) < 4.78 is 0. The zero-order chi connectivity index (χ0) is 11.1. The van der Waals surface area contributed by atoms with E-state index >= 15 is 0 Å². The van der Waals surface area contributed by atoms with Gasteiger partial charge in [-0.25, -0.2) is 0 Å². The van der Waals surface area contributed by atoms with Gasteiger partial charge in [0.15, 0.2) is 5.75 Å². The second-order valence-electron chi connectivity index (χ2n) is 2.00. The minimum Gasteiger partial charge on any atom is -0.652 e. The summed E-state index contributed by atoms with van der Waals surface area (Å²) in [6.07, 6.45) is -2.33. The molecule has 0 aliphatic rings. The Labute approximate surface area is 96.9 Å². The number of phenols is 1. The minimum absolute atomic E-state index is 0. The van der Waals surface area contributed by atoms with Crippen LogP contribution in [0.4, 0.5) is 10.5 Å². The summed E-state index contributed by atoms with van der Waals surface area (Å²) in [6, 6.07) is 5.55. The van der Waals surface area contributed by atoms with Crippen LogP contribution in [0.5, 0.6) is 5.75 Å². The number of carbonyl (C=O) groups is 1. The van der Waals surface area contributed by atoms with Gasteiger partial charge < -0.3 is 20.1 Å². The number of carboxylic acid groups (broad SMARTS) is 2. The maximum absolute atomic E-state index is 10.1. The van der Waals surface area contributed by atoms with Gasteiger partial charge in [-0.1, -0.05) is 12.1 Å². The Hall–Kier alpha value is -1.69. The van der Waals surface area contributed by atoms with Gasteiger partial charge in [0.1, 0.15) is 0 Å². The summed E-state index contributed by atoms with van der Waals surface area (Å²) in [5.74, 6) is -0.299. The number of nitro groups is 1. The summed E-state index contributed by atoms with van der Waals surface area (Å²) in [7, 11) is 0. The molecule has 15 heavy (non-hydrogen) atoms. The van der Waals surface area contributed by atoms with Crippen LogP contribution in [-0.2, 0) is 19.5 Å². The van der Waals surface area contributed by atoms with E-state index in [2.05, 4.69) is 0 Å². The predicted molar refractivity (Wildman–Crippen MR) is 40.2 cm³/mol. The number of phenolic OH excluding ortho intramolecular Hbond substituents is 1. The van der Waals surface area contributed by atoms with E-state index in [1.807, 2.05) is 0 Å². The molecule has 1 N–H and O–H groups in total. The van der Waals surface area contributed by atoms with Crippen molar-refractivity contribution in [2.24, 2.45) is 0 Å². The first kappa shape index (κ1) is 15.8. The molecule has 0 fully saturated rings. The molecule has 0 saturated carbocycles. The number of para-hydroxylation sites is 2. The van der Waals surface area contributed by atoms with Crippen molar-refractivity contribution in [2.45, 2.75) is 0 Å². The van der Waals surface area contributed by atoms with Crippen molar-refractivity contribution in [3.05, 3.63) is 34.4 Å². The van der Waals surface area contributed by atoms with Crippen molar-refractivity contribution in [1.29, 1.82) is 0 Å². The van der Waals surface area contributed by atoms with Crippen molar-refractivity contribution in [2.75, 3.05) is 0 Å². The smallest absolute Gasteiger partial charge is 0.652 e. The van der Waals surface area contributed by atoms with Gasteiger partial charge in [0.05, 0.1) is 4.92 Å². The predicted octanol–water partition coefficient (Wildman–Crippen LogP) is -1.15. The zero-order valence-corrected chi connectivity index (χ0v) is 10.4. The SMILES string of the molecule is O=C([O-])[O-].O=[N+]([O-])c1ccccc1O.[Zn+2]. The summed E-state index contributed by atoms with van der Waals surface area (Å²) in [5, 5.41) is 35.6. The van der Waals surface area contributed by atoms with E-state index in [0.717, 1.165) is 0 Å². The maximum Gasteiger partial charge on any atom is 2.00 e. The third-order valence-corrected chi connectivity index (χ3v) is 1.08. The fraction of sp³-hybridized carbons (Fsp3) is 0. The normalized spacial score (nSPS) is 7.73. The average Bonchev–Trinajstić information content (AvgIpc) is 2.03. The molecule has 0 unspecified atom stereocenters. The molecule has 0 aliphatic carbocycles. The van der Waals surface area contributed by atoms with E-state index in [4.69, 9.17) is 20.1 Å². The molecule has 7 nitrogen and oxygen atoms in total. The number of benzene rings is 1. The Bertz CT molecular complexity index is 338. The molecule has 0 amide bonds. The molecule has 0 aliphatic heterocycles. The van der Waals surface area contributed by atoms with Crippen LogP contribution >= 0.6 is 0 Å². The summed E-state index contributed by atoms with van der Waals surface area (Å²) in [4.78, 5) is 17.8. The molecule has 76 valence electrons. The zero-order valence-electron chi connectivity index (χ0n) is 7.45. The minimum atomic E-state index is -2.33. The number of carbonyl (C=O) groups excluding carboxylic acids is 1. The number of aromatic hydroxyl groups is 1. The van der Waals surface area contributed by atoms with Gasteiger partial charge >= 0.3 is 25.2 Å². The first-order valence-electron chi connectivity index (χ1n) is 3.25. The molecular weight excluding hydrogens is 259 g/mol. The molecular formula is C7H5NO6Zn. The molecule has 0 radical (unpaired) electrons. The van der Waals surface area contributed by atoms with Gasteiger partial charge in [-0.3, -0.25) is 10.1 Å². The van der Waals surface area contributed by atoms with Crippen molar-refractivity contribution in [3.8, 4) is 5.75 Å². The Morgan fingerprint density at radius 2 is 1.67 bits per heavy atom. The maximum atomic E-state index is 10.1. The Kier molecular flexibility index (Phi) is 8.09. The van der Waals surface area contributed by atoms with Gasteiger partial charge in [-0.2, -0.15) is 0 Å². The van der Waals surface area contributed by atoms with Crippen LogP contribution in [-0.4, -0.2) is 16.2 Å². The number of nitro benzene ring substituents is 1. The third-order valence-electron chi connectivity index (χ3n) is 1.08. The van der Waals surface area contributed by atoms with Crippen LogP contribution in [0, 0.1) is 10.1 Å². The van der Waals surface area contributed by atoms with E-state index < -0.39 is 11.1 Å². The Morgan fingerprint density at radius 1 is 1.27 bits per heavy atom. The van der Waals surface area contributed by atoms with E-state index in [9.17, 15) is 10.1 Å². The van der Waals surface area contributed by atoms with Gasteiger partial charge in [0, 0.05) is 6.07 Å². The fourth-order valence-electron chi connectivity index (χ4n) is 0.619. The van der Waals surface area contributed by atoms with E-state index in [1.165, 1.54) is 24.3 Å². The molecule has 0 bridgehead atoms. The number of nitrogens with zero attached hydrogens (tertiary/aromatic N) is 1. The van der Waals surface area contributed by atoms with Crippen LogP contribution in [0.25, 0.3) is 0 Å². The average molecular weight is 265 g/mol. The van der Waals surface area contributed by atoms with Crippen molar-refractivity contribution < 1.29 is 44.5 Å². The quantitative estimate of drug-likeness (QED) is 0.388. The molecule has 1 rings (SSSR count). The summed E-state index contributed by atoms with van der Waals surface area (Å²) >= 11 is 0. The second kappa shape index (κ2) is 7.69. The standard InChI is InChI=1S/C6H5NO3.CH2O3.Zn/c8-6-4-2-1-3-5(6)7(9)10;2-1(3)4;/h1-4,8H;(H2,2,3,4);/q;;+2/p-2. The van der Waals surface area contributed by atoms with Crippen LogP contribution < -0.4 is 10.2 Å². The number of hydrogen-bond acceptors (Lipinski definition) is 6. The fourth-order valence-corrected chi connectivity index (χ4v) is 0.619. The van der Waals surface area contributed by atoms with Crippen LogP contribution in [0.3, 0.4) is 0 Å². The third kappa shape index (κ3) is 7.39. The number of hydrogen-bond donors (Lipinski definition) is 1. The molecule has 0 atom stereocenters. The Balaban J connectivity index is 0. The molecule has 0 aromatic heterocycles. The molecule has 0 spiro atoms. The first-order valence-corrected chi connectivity index (χ1v) is 3.25. The number of rotatable bonds is 1. The van der Waals surface area contributed by atoms with Gasteiger partial charge in [-0.15, -0.1) is 0 Å². The second-order valence-corrected chi connectivity index (χ2v) is 2.00. The van der Waals surface area contributed by atoms with Crippen molar-refractivity contribution in [1.82, 2.24) is 0 Å². The first-order chi connectivity index (χ1) is 6.45. The van der Waals surface area contributed by atoms with Gasteiger partial charge in [0.25, 0.3) is 0 Å². The summed E-state index contributed by atoms with van der Waals surface area (Å²) in [5.41, 5.74) is -0.262. The molecule has 8 heteroatoms. The molecule has 0 heterocycles. The molecule has 1 aromatic rings.